The number of ether oxygens (including phenoxy) is 1. The number of nitrogens with zero attached hydrogens (tertiary/aromatic N) is 2. The standard InChI is InChI=1S/C16H29N3O/c1-5-19(11-7-10-18(2)3)13-16(17)14-8-6-9-15(12-14)20-4/h6,8-9,12,16H,5,7,10-11,13,17H2,1-4H3. The van der Waals surface area contributed by atoms with E-state index in [1.54, 1.807) is 7.11 Å². The molecule has 1 aromatic rings. The molecule has 0 heterocycles. The van der Waals surface area contributed by atoms with Gasteiger partial charge in [-0.25, -0.2) is 0 Å². The SMILES string of the molecule is CCN(CCCN(C)C)CC(N)c1cccc(OC)c1. The van der Waals surface area contributed by atoms with Gasteiger partial charge in [-0.3, -0.25) is 0 Å². The molecule has 20 heavy (non-hydrogen) atoms. The van der Waals surface area contributed by atoms with E-state index in [2.05, 4.69) is 36.9 Å². The molecule has 0 amide bonds. The summed E-state index contributed by atoms with van der Waals surface area (Å²) >= 11 is 0. The van der Waals surface area contributed by atoms with Crippen LogP contribution in [0.3, 0.4) is 0 Å². The smallest absolute Gasteiger partial charge is 0.119 e. The summed E-state index contributed by atoms with van der Waals surface area (Å²) in [5, 5.41) is 0. The lowest BCUT2D eigenvalue weighted by Crippen LogP contribution is -2.34. The minimum Gasteiger partial charge on any atom is -0.497 e. The number of hydrogen-bond acceptors (Lipinski definition) is 4. The number of rotatable bonds is 9. The van der Waals surface area contributed by atoms with Crippen LogP contribution in [0, 0.1) is 0 Å². The van der Waals surface area contributed by atoms with Gasteiger partial charge in [-0.1, -0.05) is 19.1 Å². The summed E-state index contributed by atoms with van der Waals surface area (Å²) in [5.74, 6) is 0.869. The highest BCUT2D eigenvalue weighted by atomic mass is 16.5. The Morgan fingerprint density at radius 3 is 2.60 bits per heavy atom. The minimum absolute atomic E-state index is 0.0319. The first-order chi connectivity index (χ1) is 9.56. The van der Waals surface area contributed by atoms with Gasteiger partial charge in [0.15, 0.2) is 0 Å². The fourth-order valence-corrected chi connectivity index (χ4v) is 2.24. The quantitative estimate of drug-likeness (QED) is 0.750. The zero-order chi connectivity index (χ0) is 15.0. The monoisotopic (exact) mass is 279 g/mol. The van der Waals surface area contributed by atoms with Crippen LogP contribution in [0.25, 0.3) is 0 Å². The lowest BCUT2D eigenvalue weighted by atomic mass is 10.1. The Morgan fingerprint density at radius 2 is 2.00 bits per heavy atom. The molecule has 4 heteroatoms. The Labute approximate surface area is 123 Å². The lowest BCUT2D eigenvalue weighted by molar-refractivity contribution is 0.252. The molecule has 0 radical (unpaired) electrons. The van der Waals surface area contributed by atoms with E-state index < -0.39 is 0 Å². The van der Waals surface area contributed by atoms with Crippen LogP contribution in [-0.2, 0) is 0 Å². The van der Waals surface area contributed by atoms with Crippen molar-refractivity contribution in [3.63, 3.8) is 0 Å². The van der Waals surface area contributed by atoms with Gasteiger partial charge in [0.2, 0.25) is 0 Å². The molecule has 1 atom stereocenters. The molecule has 0 saturated carbocycles. The third-order valence-electron chi connectivity index (χ3n) is 3.50. The number of nitrogens with two attached hydrogens (primary N) is 1. The fraction of sp³-hybridized carbons (Fsp3) is 0.625. The van der Waals surface area contributed by atoms with E-state index >= 15 is 0 Å². The van der Waals surface area contributed by atoms with E-state index in [9.17, 15) is 0 Å². The molecule has 2 N–H and O–H groups in total. The first-order valence-electron chi connectivity index (χ1n) is 7.33. The molecular weight excluding hydrogens is 250 g/mol. The second-order valence-electron chi connectivity index (χ2n) is 5.43. The predicted molar refractivity (Wildman–Crippen MR) is 85.2 cm³/mol. The molecule has 1 aromatic carbocycles. The summed E-state index contributed by atoms with van der Waals surface area (Å²) in [6.07, 6.45) is 1.17. The van der Waals surface area contributed by atoms with E-state index in [1.165, 1.54) is 6.42 Å². The number of benzene rings is 1. The fourth-order valence-electron chi connectivity index (χ4n) is 2.24. The summed E-state index contributed by atoms with van der Waals surface area (Å²) in [4.78, 5) is 4.63. The second-order valence-corrected chi connectivity index (χ2v) is 5.43. The highest BCUT2D eigenvalue weighted by Gasteiger charge is 2.11. The van der Waals surface area contributed by atoms with E-state index in [-0.39, 0.29) is 6.04 Å². The molecule has 0 aromatic heterocycles. The Kier molecular flexibility index (Phi) is 7.59. The maximum atomic E-state index is 6.32. The molecule has 4 nitrogen and oxygen atoms in total. The van der Waals surface area contributed by atoms with Gasteiger partial charge in [0, 0.05) is 12.6 Å². The number of methoxy groups -OCH3 is 1. The van der Waals surface area contributed by atoms with Gasteiger partial charge >= 0.3 is 0 Å². The van der Waals surface area contributed by atoms with Crippen molar-refractivity contribution in [1.29, 1.82) is 0 Å². The van der Waals surface area contributed by atoms with Crippen LogP contribution in [0.2, 0.25) is 0 Å². The van der Waals surface area contributed by atoms with Crippen LogP contribution in [0.4, 0.5) is 0 Å². The average molecular weight is 279 g/mol. The molecular formula is C16H29N3O. The van der Waals surface area contributed by atoms with Crippen LogP contribution >= 0.6 is 0 Å². The van der Waals surface area contributed by atoms with Crippen LogP contribution < -0.4 is 10.5 Å². The Morgan fingerprint density at radius 1 is 1.25 bits per heavy atom. The largest absolute Gasteiger partial charge is 0.497 e. The van der Waals surface area contributed by atoms with Crippen LogP contribution in [0.15, 0.2) is 24.3 Å². The highest BCUT2D eigenvalue weighted by molar-refractivity contribution is 5.30. The van der Waals surface area contributed by atoms with E-state index in [4.69, 9.17) is 10.5 Å². The van der Waals surface area contributed by atoms with Gasteiger partial charge in [-0.2, -0.15) is 0 Å². The molecule has 0 aliphatic heterocycles. The summed E-state index contributed by atoms with van der Waals surface area (Å²) < 4.78 is 5.25. The van der Waals surface area contributed by atoms with Gasteiger partial charge in [0.1, 0.15) is 5.75 Å². The van der Waals surface area contributed by atoms with Crippen molar-refractivity contribution in [3.8, 4) is 5.75 Å². The highest BCUT2D eigenvalue weighted by Crippen LogP contribution is 2.18. The molecule has 1 rings (SSSR count). The molecule has 0 bridgehead atoms. The maximum Gasteiger partial charge on any atom is 0.119 e. The minimum atomic E-state index is 0.0319. The van der Waals surface area contributed by atoms with Gasteiger partial charge in [0.25, 0.3) is 0 Å². The topological polar surface area (TPSA) is 41.7 Å². The van der Waals surface area contributed by atoms with E-state index in [1.807, 2.05) is 18.2 Å². The Balaban J connectivity index is 2.50. The molecule has 0 saturated heterocycles. The molecule has 114 valence electrons. The number of hydrogen-bond donors (Lipinski definition) is 1. The number of likely N-dealkylation sites (N-methyl/N-ethyl adjacent to an activating group) is 1. The van der Waals surface area contributed by atoms with E-state index in [0.29, 0.717) is 0 Å². The van der Waals surface area contributed by atoms with Crippen molar-refractivity contribution in [3.05, 3.63) is 29.8 Å². The zero-order valence-electron chi connectivity index (χ0n) is 13.3. The van der Waals surface area contributed by atoms with Gasteiger partial charge in [0.05, 0.1) is 7.11 Å². The molecule has 0 aliphatic rings. The molecule has 0 fully saturated rings. The molecule has 0 spiro atoms. The van der Waals surface area contributed by atoms with Crippen LogP contribution in [0.5, 0.6) is 5.75 Å². The second kappa shape index (κ2) is 8.95. The van der Waals surface area contributed by atoms with Gasteiger partial charge in [-0.05, 0) is 57.8 Å². The Hall–Kier alpha value is -1.10. The summed E-state index contributed by atoms with van der Waals surface area (Å²) in [6, 6.07) is 8.07. The maximum absolute atomic E-state index is 6.32. The predicted octanol–water partition coefficient (Wildman–Crippen LogP) is 1.97. The van der Waals surface area contributed by atoms with Crippen LogP contribution in [0.1, 0.15) is 24.9 Å². The average Bonchev–Trinajstić information content (AvgIpc) is 2.45. The zero-order valence-corrected chi connectivity index (χ0v) is 13.3. The van der Waals surface area contributed by atoms with Crippen molar-refractivity contribution in [2.24, 2.45) is 5.73 Å². The van der Waals surface area contributed by atoms with E-state index in [0.717, 1.165) is 37.5 Å². The summed E-state index contributed by atoms with van der Waals surface area (Å²) in [5.41, 5.74) is 7.45. The normalized spacial score (nSPS) is 12.9. The molecule has 0 aliphatic carbocycles. The first kappa shape index (κ1) is 17.0. The van der Waals surface area contributed by atoms with Gasteiger partial charge in [-0.15, -0.1) is 0 Å². The summed E-state index contributed by atoms with van der Waals surface area (Å²) in [6.45, 7) is 6.31. The van der Waals surface area contributed by atoms with Crippen molar-refractivity contribution in [1.82, 2.24) is 9.80 Å². The van der Waals surface area contributed by atoms with Crippen molar-refractivity contribution in [2.75, 3.05) is 47.4 Å². The van der Waals surface area contributed by atoms with Crippen molar-refractivity contribution >= 4 is 0 Å². The third kappa shape index (κ3) is 5.90. The lowest BCUT2D eigenvalue weighted by Gasteiger charge is -2.25. The molecule has 1 unspecified atom stereocenters. The first-order valence-corrected chi connectivity index (χ1v) is 7.33. The third-order valence-corrected chi connectivity index (χ3v) is 3.50. The van der Waals surface area contributed by atoms with Crippen LogP contribution in [-0.4, -0.2) is 57.2 Å². The van der Waals surface area contributed by atoms with Crippen molar-refractivity contribution < 1.29 is 4.74 Å². The Bertz CT molecular complexity index is 382. The van der Waals surface area contributed by atoms with Crippen molar-refractivity contribution in [2.45, 2.75) is 19.4 Å². The summed E-state index contributed by atoms with van der Waals surface area (Å²) in [7, 11) is 5.90. The van der Waals surface area contributed by atoms with Gasteiger partial charge < -0.3 is 20.3 Å².